The number of rotatable bonds is 4. The number of hydrogen-bond acceptors (Lipinski definition) is 3. The van der Waals surface area contributed by atoms with Crippen molar-refractivity contribution >= 4 is 29.2 Å². The van der Waals surface area contributed by atoms with Crippen LogP contribution >= 0.6 is 11.6 Å². The van der Waals surface area contributed by atoms with E-state index < -0.39 is 5.97 Å². The van der Waals surface area contributed by atoms with Crippen LogP contribution in [-0.2, 0) is 11.2 Å². The van der Waals surface area contributed by atoms with Crippen LogP contribution in [0.5, 0.6) is 5.75 Å². The second-order valence-electron chi connectivity index (χ2n) is 4.39. The van der Waals surface area contributed by atoms with E-state index in [1.165, 1.54) is 30.3 Å². The van der Waals surface area contributed by atoms with Crippen LogP contribution in [-0.4, -0.2) is 22.1 Å². The standard InChI is InChI=1S/C15H12ClNO4/c16-13-5-4-10(8-12(13)15(20)21)17-14(19)7-9-2-1-3-11(18)6-9/h1-6,8,18H,7H2,(H,17,19)(H,20,21). The number of carboxylic acid groups (broad SMARTS) is 1. The summed E-state index contributed by atoms with van der Waals surface area (Å²) in [5.74, 6) is -1.40. The van der Waals surface area contributed by atoms with Crippen molar-refractivity contribution in [1.29, 1.82) is 0 Å². The van der Waals surface area contributed by atoms with Gasteiger partial charge in [-0.05, 0) is 35.9 Å². The van der Waals surface area contributed by atoms with E-state index in [0.717, 1.165) is 0 Å². The molecule has 2 rings (SSSR count). The molecule has 0 aliphatic rings. The number of aromatic hydroxyl groups is 1. The van der Waals surface area contributed by atoms with E-state index in [1.807, 2.05) is 0 Å². The number of carboxylic acids is 1. The van der Waals surface area contributed by atoms with Gasteiger partial charge in [0.05, 0.1) is 17.0 Å². The Labute approximate surface area is 125 Å². The number of aromatic carboxylic acids is 1. The molecule has 0 spiro atoms. The van der Waals surface area contributed by atoms with E-state index in [4.69, 9.17) is 16.7 Å². The average Bonchev–Trinajstić information content (AvgIpc) is 2.40. The lowest BCUT2D eigenvalue weighted by atomic mass is 10.1. The van der Waals surface area contributed by atoms with Gasteiger partial charge >= 0.3 is 5.97 Å². The number of hydrogen-bond donors (Lipinski definition) is 3. The normalized spacial score (nSPS) is 10.1. The molecule has 108 valence electrons. The number of benzene rings is 2. The molecule has 0 fully saturated rings. The number of nitrogens with one attached hydrogen (secondary N) is 1. The fourth-order valence-electron chi connectivity index (χ4n) is 1.82. The molecule has 0 aliphatic heterocycles. The number of carbonyl (C=O) groups is 2. The SMILES string of the molecule is O=C(Cc1cccc(O)c1)Nc1ccc(Cl)c(C(=O)O)c1. The minimum absolute atomic E-state index is 0.0689. The Balaban J connectivity index is 2.09. The summed E-state index contributed by atoms with van der Waals surface area (Å²) in [7, 11) is 0. The Morgan fingerprint density at radius 1 is 1.14 bits per heavy atom. The van der Waals surface area contributed by atoms with Gasteiger partial charge in [0, 0.05) is 5.69 Å². The summed E-state index contributed by atoms with van der Waals surface area (Å²) in [4.78, 5) is 22.8. The summed E-state index contributed by atoms with van der Waals surface area (Å²) >= 11 is 5.75. The third kappa shape index (κ3) is 3.97. The molecular formula is C15H12ClNO4. The Bertz CT molecular complexity index is 700. The Hall–Kier alpha value is -2.53. The third-order valence-electron chi connectivity index (χ3n) is 2.76. The van der Waals surface area contributed by atoms with Gasteiger partial charge in [0.1, 0.15) is 5.75 Å². The minimum Gasteiger partial charge on any atom is -0.508 e. The lowest BCUT2D eigenvalue weighted by Gasteiger charge is -2.07. The molecule has 2 aromatic rings. The first kappa shape index (κ1) is 14.9. The van der Waals surface area contributed by atoms with Crippen molar-refractivity contribution in [3.05, 3.63) is 58.6 Å². The van der Waals surface area contributed by atoms with Crippen LogP contribution in [0.1, 0.15) is 15.9 Å². The summed E-state index contributed by atoms with van der Waals surface area (Å²) in [5, 5.41) is 21.0. The quantitative estimate of drug-likeness (QED) is 0.810. The predicted octanol–water partition coefficient (Wildman–Crippen LogP) is 2.93. The number of phenols is 1. The molecule has 0 radical (unpaired) electrons. The van der Waals surface area contributed by atoms with Gasteiger partial charge < -0.3 is 15.5 Å². The molecule has 1 amide bonds. The summed E-state index contributed by atoms with van der Waals surface area (Å²) in [6, 6.07) is 10.6. The molecule has 5 nitrogen and oxygen atoms in total. The molecule has 0 atom stereocenters. The first-order chi connectivity index (χ1) is 9.95. The van der Waals surface area contributed by atoms with Gasteiger partial charge in [-0.2, -0.15) is 0 Å². The van der Waals surface area contributed by atoms with Gasteiger partial charge in [0.15, 0.2) is 0 Å². The lowest BCUT2D eigenvalue weighted by Crippen LogP contribution is -2.14. The van der Waals surface area contributed by atoms with E-state index >= 15 is 0 Å². The molecule has 0 saturated heterocycles. The van der Waals surface area contributed by atoms with Gasteiger partial charge in [0.25, 0.3) is 0 Å². The average molecular weight is 306 g/mol. The Morgan fingerprint density at radius 3 is 2.57 bits per heavy atom. The van der Waals surface area contributed by atoms with Crippen LogP contribution in [0.25, 0.3) is 0 Å². The van der Waals surface area contributed by atoms with Crippen molar-refractivity contribution < 1.29 is 19.8 Å². The van der Waals surface area contributed by atoms with Crippen LogP contribution in [0.2, 0.25) is 5.02 Å². The minimum atomic E-state index is -1.16. The number of amides is 1. The number of carbonyl (C=O) groups excluding carboxylic acids is 1. The predicted molar refractivity (Wildman–Crippen MR) is 78.9 cm³/mol. The number of phenolic OH excluding ortho intramolecular Hbond substituents is 1. The van der Waals surface area contributed by atoms with E-state index in [-0.39, 0.29) is 28.7 Å². The molecule has 2 aromatic carbocycles. The molecule has 0 bridgehead atoms. The van der Waals surface area contributed by atoms with Gasteiger partial charge in [-0.3, -0.25) is 4.79 Å². The van der Waals surface area contributed by atoms with Gasteiger partial charge in [0.2, 0.25) is 5.91 Å². The van der Waals surface area contributed by atoms with E-state index in [9.17, 15) is 14.7 Å². The topological polar surface area (TPSA) is 86.6 Å². The molecule has 0 aliphatic carbocycles. The van der Waals surface area contributed by atoms with Crippen LogP contribution in [0.3, 0.4) is 0 Å². The van der Waals surface area contributed by atoms with Crippen LogP contribution in [0.15, 0.2) is 42.5 Å². The fourth-order valence-corrected chi connectivity index (χ4v) is 2.02. The maximum Gasteiger partial charge on any atom is 0.337 e. The van der Waals surface area contributed by atoms with Crippen molar-refractivity contribution in [1.82, 2.24) is 0 Å². The van der Waals surface area contributed by atoms with Crippen LogP contribution in [0, 0.1) is 0 Å². The van der Waals surface area contributed by atoms with Gasteiger partial charge in [-0.25, -0.2) is 4.79 Å². The molecule has 21 heavy (non-hydrogen) atoms. The van der Waals surface area contributed by atoms with Crippen molar-refractivity contribution in [3.8, 4) is 5.75 Å². The first-order valence-corrected chi connectivity index (χ1v) is 6.44. The fraction of sp³-hybridized carbons (Fsp3) is 0.0667. The molecule has 0 aromatic heterocycles. The van der Waals surface area contributed by atoms with E-state index in [1.54, 1.807) is 12.1 Å². The highest BCUT2D eigenvalue weighted by Gasteiger charge is 2.11. The van der Waals surface area contributed by atoms with Crippen LogP contribution in [0.4, 0.5) is 5.69 Å². The highest BCUT2D eigenvalue weighted by molar-refractivity contribution is 6.33. The maximum atomic E-state index is 11.9. The van der Waals surface area contributed by atoms with Gasteiger partial charge in [-0.15, -0.1) is 0 Å². The second kappa shape index (κ2) is 6.28. The molecule has 6 heteroatoms. The zero-order valence-corrected chi connectivity index (χ0v) is 11.6. The largest absolute Gasteiger partial charge is 0.508 e. The van der Waals surface area contributed by atoms with E-state index in [0.29, 0.717) is 11.3 Å². The number of anilines is 1. The summed E-state index contributed by atoms with van der Waals surface area (Å²) in [5.41, 5.74) is 0.925. The zero-order chi connectivity index (χ0) is 15.4. The van der Waals surface area contributed by atoms with E-state index in [2.05, 4.69) is 5.32 Å². The molecule has 0 unspecified atom stereocenters. The lowest BCUT2D eigenvalue weighted by molar-refractivity contribution is -0.115. The highest BCUT2D eigenvalue weighted by atomic mass is 35.5. The summed E-state index contributed by atoms with van der Waals surface area (Å²) < 4.78 is 0. The molecule has 0 heterocycles. The Kier molecular flexibility index (Phi) is 4.45. The van der Waals surface area contributed by atoms with Crippen molar-refractivity contribution in [2.45, 2.75) is 6.42 Å². The maximum absolute atomic E-state index is 11.9. The third-order valence-corrected chi connectivity index (χ3v) is 3.09. The van der Waals surface area contributed by atoms with Crippen molar-refractivity contribution in [3.63, 3.8) is 0 Å². The zero-order valence-electron chi connectivity index (χ0n) is 10.8. The van der Waals surface area contributed by atoms with Crippen molar-refractivity contribution in [2.24, 2.45) is 0 Å². The highest BCUT2D eigenvalue weighted by Crippen LogP contribution is 2.21. The Morgan fingerprint density at radius 2 is 1.90 bits per heavy atom. The van der Waals surface area contributed by atoms with Gasteiger partial charge in [-0.1, -0.05) is 23.7 Å². The summed E-state index contributed by atoms with van der Waals surface area (Å²) in [6.45, 7) is 0. The van der Waals surface area contributed by atoms with Crippen molar-refractivity contribution in [2.75, 3.05) is 5.32 Å². The molecule has 3 N–H and O–H groups in total. The van der Waals surface area contributed by atoms with Crippen LogP contribution < -0.4 is 5.32 Å². The second-order valence-corrected chi connectivity index (χ2v) is 4.80. The summed E-state index contributed by atoms with van der Waals surface area (Å²) in [6.07, 6.45) is 0.0689. The monoisotopic (exact) mass is 305 g/mol. The number of halogens is 1. The smallest absolute Gasteiger partial charge is 0.337 e. The molecular weight excluding hydrogens is 294 g/mol. The first-order valence-electron chi connectivity index (χ1n) is 6.06. The molecule has 0 saturated carbocycles.